The van der Waals surface area contributed by atoms with Crippen molar-refractivity contribution >= 4 is 14.4 Å². The third-order valence-corrected chi connectivity index (χ3v) is 10.3. The predicted octanol–water partition coefficient (Wildman–Crippen LogP) is 5.58. The zero-order chi connectivity index (χ0) is 16.2. The maximum absolute atomic E-state index is 6.57. The summed E-state index contributed by atoms with van der Waals surface area (Å²) in [7, 11) is -1.79. The first-order valence-corrected chi connectivity index (χ1v) is 10.1. The fourth-order valence-corrected chi connectivity index (χ4v) is 8.96. The minimum absolute atomic E-state index is 0.611. The second-order valence-corrected chi connectivity index (χ2v) is 12.3. The molecule has 0 bridgehead atoms. The number of aromatic nitrogens is 1. The lowest BCUT2D eigenvalue weighted by Crippen LogP contribution is -2.48. The van der Waals surface area contributed by atoms with Crippen molar-refractivity contribution in [3.63, 3.8) is 0 Å². The van der Waals surface area contributed by atoms with Crippen LogP contribution in [0.5, 0.6) is 0 Å². The Kier molecular flexibility index (Phi) is 6.41. The highest BCUT2D eigenvalue weighted by Crippen LogP contribution is 2.42. The molecule has 0 aliphatic carbocycles. The Hall–Kier alpha value is -0.873. The summed E-state index contributed by atoms with van der Waals surface area (Å²) in [6.07, 6.45) is 3.74. The van der Waals surface area contributed by atoms with Gasteiger partial charge in [0.15, 0.2) is 5.89 Å². The van der Waals surface area contributed by atoms with Crippen LogP contribution in [0.25, 0.3) is 6.08 Å². The maximum atomic E-state index is 6.57. The molecular weight excluding hydrogens is 278 g/mol. The lowest BCUT2D eigenvalue weighted by molar-refractivity contribution is 0.308. The van der Waals surface area contributed by atoms with Crippen molar-refractivity contribution in [2.45, 2.75) is 72.0 Å². The molecule has 1 aromatic rings. The zero-order valence-electron chi connectivity index (χ0n) is 14.9. The second kappa shape index (κ2) is 7.41. The highest BCUT2D eigenvalue weighted by Gasteiger charge is 2.44. The number of hydrogen-bond donors (Lipinski definition) is 0. The van der Waals surface area contributed by atoms with Crippen LogP contribution in [0.2, 0.25) is 16.6 Å². The fraction of sp³-hybridized carbons (Fsp3) is 0.706. The van der Waals surface area contributed by atoms with Gasteiger partial charge in [0, 0.05) is 6.92 Å². The monoisotopic (exact) mass is 309 g/mol. The van der Waals surface area contributed by atoms with Crippen molar-refractivity contribution in [3.05, 3.63) is 23.4 Å². The molecule has 0 aliphatic heterocycles. The van der Waals surface area contributed by atoms with Crippen LogP contribution in [0.15, 0.2) is 16.3 Å². The Balaban J connectivity index is 2.84. The van der Waals surface area contributed by atoms with Crippen molar-refractivity contribution < 1.29 is 8.84 Å². The molecule has 120 valence electrons. The van der Waals surface area contributed by atoms with Gasteiger partial charge in [0.25, 0.3) is 0 Å². The highest BCUT2D eigenvalue weighted by molar-refractivity contribution is 6.77. The number of oxazole rings is 1. The molecule has 21 heavy (non-hydrogen) atoms. The van der Waals surface area contributed by atoms with E-state index in [0.29, 0.717) is 29.1 Å². The smallest absolute Gasteiger partial charge is 0.200 e. The van der Waals surface area contributed by atoms with Crippen LogP contribution in [0.3, 0.4) is 0 Å². The first-order chi connectivity index (χ1) is 9.70. The minimum Gasteiger partial charge on any atom is -0.449 e. The maximum Gasteiger partial charge on any atom is 0.200 e. The van der Waals surface area contributed by atoms with Gasteiger partial charge < -0.3 is 8.84 Å². The van der Waals surface area contributed by atoms with Gasteiger partial charge >= 0.3 is 0 Å². The van der Waals surface area contributed by atoms with Crippen LogP contribution in [0, 0.1) is 6.92 Å². The van der Waals surface area contributed by atoms with Crippen LogP contribution in [0.4, 0.5) is 0 Å². The summed E-state index contributed by atoms with van der Waals surface area (Å²) in [5.74, 6) is 0.699. The van der Waals surface area contributed by atoms with Crippen molar-refractivity contribution in [1.82, 2.24) is 4.98 Å². The Labute approximate surface area is 130 Å². The van der Waals surface area contributed by atoms with E-state index in [1.807, 2.05) is 6.92 Å². The SMILES string of the molecule is C/C(=C\c1coc(C)n1)CO[Si](C(C)C)(C(C)C)C(C)C. The van der Waals surface area contributed by atoms with E-state index in [9.17, 15) is 0 Å². The van der Waals surface area contributed by atoms with Gasteiger partial charge in [-0.25, -0.2) is 4.98 Å². The van der Waals surface area contributed by atoms with Gasteiger partial charge in [-0.3, -0.25) is 0 Å². The summed E-state index contributed by atoms with van der Waals surface area (Å²) in [5.41, 5.74) is 3.90. The van der Waals surface area contributed by atoms with Gasteiger partial charge in [-0.1, -0.05) is 41.5 Å². The first-order valence-electron chi connectivity index (χ1n) is 7.93. The molecule has 4 heteroatoms. The lowest BCUT2D eigenvalue weighted by Gasteiger charge is -2.42. The molecule has 0 saturated heterocycles. The molecule has 0 aromatic carbocycles. The quantitative estimate of drug-likeness (QED) is 0.617. The van der Waals surface area contributed by atoms with E-state index in [0.717, 1.165) is 5.69 Å². The molecule has 0 spiro atoms. The molecule has 0 saturated carbocycles. The van der Waals surface area contributed by atoms with E-state index in [4.69, 9.17) is 8.84 Å². The lowest BCUT2D eigenvalue weighted by atomic mass is 10.3. The standard InChI is InChI=1S/C17H31NO2Si/c1-12(2)21(13(3)4,14(5)6)20-10-15(7)9-17-11-19-16(8)18-17/h9,11-14H,10H2,1-8H3/b15-9+. The van der Waals surface area contributed by atoms with Crippen molar-refractivity contribution in [1.29, 1.82) is 0 Å². The summed E-state index contributed by atoms with van der Waals surface area (Å²) in [4.78, 5) is 4.31. The van der Waals surface area contributed by atoms with Crippen LogP contribution in [0.1, 0.15) is 60.1 Å². The number of rotatable bonds is 7. The molecule has 0 aliphatic rings. The van der Waals surface area contributed by atoms with E-state index in [1.54, 1.807) is 6.26 Å². The Morgan fingerprint density at radius 1 is 1.19 bits per heavy atom. The summed E-state index contributed by atoms with van der Waals surface area (Å²) >= 11 is 0. The van der Waals surface area contributed by atoms with Gasteiger partial charge in [0.1, 0.15) is 12.0 Å². The van der Waals surface area contributed by atoms with E-state index in [2.05, 4.69) is 59.5 Å². The Morgan fingerprint density at radius 2 is 1.71 bits per heavy atom. The first kappa shape index (κ1) is 18.2. The average Bonchev–Trinajstić information content (AvgIpc) is 2.73. The van der Waals surface area contributed by atoms with Gasteiger partial charge in [-0.05, 0) is 35.2 Å². The van der Waals surface area contributed by atoms with Crippen LogP contribution < -0.4 is 0 Å². The van der Waals surface area contributed by atoms with Crippen LogP contribution in [-0.2, 0) is 4.43 Å². The largest absolute Gasteiger partial charge is 0.449 e. The molecule has 0 amide bonds. The summed E-state index contributed by atoms with van der Waals surface area (Å²) in [6.45, 7) is 18.5. The molecule has 0 fully saturated rings. The van der Waals surface area contributed by atoms with Crippen LogP contribution >= 0.6 is 0 Å². The normalized spacial score (nSPS) is 13.8. The van der Waals surface area contributed by atoms with Gasteiger partial charge in [0.05, 0.1) is 6.61 Å². The fourth-order valence-electron chi connectivity index (χ4n) is 3.48. The molecule has 0 unspecified atom stereocenters. The summed E-state index contributed by atoms with van der Waals surface area (Å²) < 4.78 is 11.8. The van der Waals surface area contributed by atoms with Gasteiger partial charge in [-0.15, -0.1) is 0 Å². The van der Waals surface area contributed by atoms with Crippen LogP contribution in [-0.4, -0.2) is 19.9 Å². The molecule has 1 aromatic heterocycles. The zero-order valence-corrected chi connectivity index (χ0v) is 15.9. The predicted molar refractivity (Wildman–Crippen MR) is 91.9 cm³/mol. The number of aryl methyl sites for hydroxylation is 1. The number of hydrogen-bond acceptors (Lipinski definition) is 3. The molecule has 0 radical (unpaired) electrons. The highest BCUT2D eigenvalue weighted by atomic mass is 28.4. The van der Waals surface area contributed by atoms with E-state index in [-0.39, 0.29) is 0 Å². The average molecular weight is 310 g/mol. The van der Waals surface area contributed by atoms with Crippen molar-refractivity contribution in [2.75, 3.05) is 6.61 Å². The van der Waals surface area contributed by atoms with Gasteiger partial charge in [-0.2, -0.15) is 0 Å². The molecule has 0 atom stereocenters. The third-order valence-electron chi connectivity index (χ3n) is 4.29. The second-order valence-electron chi connectivity index (χ2n) is 6.89. The van der Waals surface area contributed by atoms with Crippen molar-refractivity contribution in [3.8, 4) is 0 Å². The van der Waals surface area contributed by atoms with E-state index < -0.39 is 8.32 Å². The Bertz CT molecular complexity index is 453. The van der Waals surface area contributed by atoms with Crippen molar-refractivity contribution in [2.24, 2.45) is 0 Å². The Morgan fingerprint density at radius 3 is 2.10 bits per heavy atom. The van der Waals surface area contributed by atoms with E-state index >= 15 is 0 Å². The molecular formula is C17H31NO2Si. The van der Waals surface area contributed by atoms with Gasteiger partial charge in [0.2, 0.25) is 8.32 Å². The van der Waals surface area contributed by atoms with E-state index in [1.165, 1.54) is 5.57 Å². The third kappa shape index (κ3) is 4.30. The molecule has 0 N–H and O–H groups in total. The molecule has 3 nitrogen and oxygen atoms in total. The summed E-state index contributed by atoms with van der Waals surface area (Å²) in [6, 6.07) is 0. The topological polar surface area (TPSA) is 35.3 Å². The molecule has 1 heterocycles. The summed E-state index contributed by atoms with van der Waals surface area (Å²) in [5, 5.41) is 0. The number of nitrogens with zero attached hydrogens (tertiary/aromatic N) is 1. The minimum atomic E-state index is -1.79. The molecule has 1 rings (SSSR count).